The van der Waals surface area contributed by atoms with E-state index in [4.69, 9.17) is 21.5 Å². The first-order valence-corrected chi connectivity index (χ1v) is 6.26. The highest BCUT2D eigenvalue weighted by atomic mass is 35.5. The fourth-order valence-electron chi connectivity index (χ4n) is 1.08. The van der Waals surface area contributed by atoms with E-state index in [1.54, 1.807) is 6.07 Å². The molecule has 6 heteroatoms. The van der Waals surface area contributed by atoms with Gasteiger partial charge in [-0.15, -0.1) is 0 Å². The average molecular weight is 250 g/mol. The van der Waals surface area contributed by atoms with Crippen LogP contribution in [-0.2, 0) is 21.4 Å². The Morgan fingerprint density at radius 3 is 2.67 bits per heavy atom. The molecule has 0 fully saturated rings. The van der Waals surface area contributed by atoms with E-state index in [0.717, 1.165) is 5.56 Å². The molecular weight excluding hydrogens is 238 g/mol. The van der Waals surface area contributed by atoms with Crippen molar-refractivity contribution in [1.82, 2.24) is 0 Å². The molecule has 0 radical (unpaired) electrons. The van der Waals surface area contributed by atoms with Gasteiger partial charge in [0.2, 0.25) is 10.0 Å². The lowest BCUT2D eigenvalue weighted by Gasteiger charge is -2.05. The minimum Gasteiger partial charge on any atom is -0.377 e. The molecule has 1 rings (SSSR count). The molecule has 1 aromatic carbocycles. The van der Waals surface area contributed by atoms with E-state index in [2.05, 4.69) is 0 Å². The predicted octanol–water partition coefficient (Wildman–Crippen LogP) is 1.52. The van der Waals surface area contributed by atoms with Gasteiger partial charge in [-0.05, 0) is 24.6 Å². The fraction of sp³-hybridized carbons (Fsp3) is 0.333. The molecule has 0 heterocycles. The first-order valence-electron chi connectivity index (χ1n) is 4.34. The molecule has 0 saturated carbocycles. The van der Waals surface area contributed by atoms with Gasteiger partial charge in [-0.2, -0.15) is 0 Å². The van der Waals surface area contributed by atoms with Crippen LogP contribution in [0.3, 0.4) is 0 Å². The molecule has 0 bridgehead atoms. The molecule has 0 unspecified atom stereocenters. The lowest BCUT2D eigenvalue weighted by Crippen LogP contribution is -2.13. The topological polar surface area (TPSA) is 69.4 Å². The van der Waals surface area contributed by atoms with Gasteiger partial charge in [0.25, 0.3) is 0 Å². The Bertz CT molecular complexity index is 445. The first-order chi connectivity index (χ1) is 6.95. The van der Waals surface area contributed by atoms with Crippen LogP contribution in [0.4, 0.5) is 0 Å². The second kappa shape index (κ2) is 4.94. The molecule has 0 spiro atoms. The van der Waals surface area contributed by atoms with E-state index in [1.807, 2.05) is 6.92 Å². The van der Waals surface area contributed by atoms with Crippen LogP contribution in [0.1, 0.15) is 12.5 Å². The Kier molecular flexibility index (Phi) is 4.10. The van der Waals surface area contributed by atoms with Gasteiger partial charge in [-0.25, -0.2) is 13.6 Å². The molecule has 15 heavy (non-hydrogen) atoms. The van der Waals surface area contributed by atoms with Crippen molar-refractivity contribution in [3.05, 3.63) is 28.8 Å². The molecular formula is C9H12ClNO3S. The van der Waals surface area contributed by atoms with Gasteiger partial charge in [0.05, 0.1) is 11.6 Å². The summed E-state index contributed by atoms with van der Waals surface area (Å²) >= 11 is 5.71. The van der Waals surface area contributed by atoms with Crippen LogP contribution < -0.4 is 5.14 Å². The van der Waals surface area contributed by atoms with Gasteiger partial charge in [0.1, 0.15) is 4.90 Å². The molecule has 0 atom stereocenters. The van der Waals surface area contributed by atoms with Crippen LogP contribution in [0.25, 0.3) is 0 Å². The SMILES string of the molecule is CCOCc1ccc(Cl)c(S(N)(=O)=O)c1. The number of hydrogen-bond acceptors (Lipinski definition) is 3. The van der Waals surface area contributed by atoms with Crippen LogP contribution in [-0.4, -0.2) is 15.0 Å². The van der Waals surface area contributed by atoms with Crippen molar-refractivity contribution in [2.24, 2.45) is 5.14 Å². The molecule has 0 aliphatic heterocycles. The molecule has 0 amide bonds. The Morgan fingerprint density at radius 2 is 2.13 bits per heavy atom. The second-order valence-corrected chi connectivity index (χ2v) is 4.88. The molecule has 0 aliphatic rings. The van der Waals surface area contributed by atoms with E-state index in [1.165, 1.54) is 12.1 Å². The molecule has 2 N–H and O–H groups in total. The van der Waals surface area contributed by atoms with Crippen molar-refractivity contribution in [2.45, 2.75) is 18.4 Å². The summed E-state index contributed by atoms with van der Waals surface area (Å²) in [5.41, 5.74) is 0.727. The minimum atomic E-state index is -3.77. The summed E-state index contributed by atoms with van der Waals surface area (Å²) in [6.45, 7) is 2.76. The van der Waals surface area contributed by atoms with Crippen LogP contribution in [0.5, 0.6) is 0 Å². The van der Waals surface area contributed by atoms with Gasteiger partial charge in [-0.1, -0.05) is 17.7 Å². The predicted molar refractivity (Wildman–Crippen MR) is 58.2 cm³/mol. The van der Waals surface area contributed by atoms with Gasteiger partial charge in [0, 0.05) is 6.61 Å². The number of primary sulfonamides is 1. The zero-order valence-electron chi connectivity index (χ0n) is 8.23. The summed E-state index contributed by atoms with van der Waals surface area (Å²) in [5, 5.41) is 5.13. The van der Waals surface area contributed by atoms with Crippen molar-refractivity contribution in [1.29, 1.82) is 0 Å². The van der Waals surface area contributed by atoms with Gasteiger partial charge in [0.15, 0.2) is 0 Å². The third kappa shape index (κ3) is 3.46. The van der Waals surface area contributed by atoms with E-state index >= 15 is 0 Å². The number of sulfonamides is 1. The van der Waals surface area contributed by atoms with Crippen molar-refractivity contribution in [3.63, 3.8) is 0 Å². The third-order valence-corrected chi connectivity index (χ3v) is 3.17. The molecule has 0 aromatic heterocycles. The zero-order valence-corrected chi connectivity index (χ0v) is 9.81. The highest BCUT2D eigenvalue weighted by molar-refractivity contribution is 7.89. The first kappa shape index (κ1) is 12.4. The number of hydrogen-bond donors (Lipinski definition) is 1. The maximum absolute atomic E-state index is 11.1. The maximum Gasteiger partial charge on any atom is 0.239 e. The highest BCUT2D eigenvalue weighted by Crippen LogP contribution is 2.21. The highest BCUT2D eigenvalue weighted by Gasteiger charge is 2.13. The Balaban J connectivity index is 3.06. The van der Waals surface area contributed by atoms with E-state index in [-0.39, 0.29) is 9.92 Å². The molecule has 1 aromatic rings. The fourth-order valence-corrected chi connectivity index (χ4v) is 2.17. The minimum absolute atomic E-state index is 0.0682. The molecule has 84 valence electrons. The lowest BCUT2D eigenvalue weighted by molar-refractivity contribution is 0.134. The van der Waals surface area contributed by atoms with Gasteiger partial charge >= 0.3 is 0 Å². The summed E-state index contributed by atoms with van der Waals surface area (Å²) in [7, 11) is -3.77. The number of ether oxygens (including phenoxy) is 1. The van der Waals surface area contributed by atoms with Crippen molar-refractivity contribution in [3.8, 4) is 0 Å². The molecule has 4 nitrogen and oxygen atoms in total. The summed E-state index contributed by atoms with van der Waals surface area (Å²) in [6.07, 6.45) is 0. The van der Waals surface area contributed by atoms with Crippen LogP contribution in [0.15, 0.2) is 23.1 Å². The van der Waals surface area contributed by atoms with E-state index in [0.29, 0.717) is 13.2 Å². The maximum atomic E-state index is 11.1. The number of rotatable bonds is 4. The van der Waals surface area contributed by atoms with E-state index < -0.39 is 10.0 Å². The Labute approximate surface area is 94.0 Å². The summed E-state index contributed by atoms with van der Waals surface area (Å²) in [5.74, 6) is 0. The number of halogens is 1. The second-order valence-electron chi connectivity index (χ2n) is 2.95. The lowest BCUT2D eigenvalue weighted by atomic mass is 10.2. The summed E-state index contributed by atoms with van der Waals surface area (Å²) in [4.78, 5) is -0.0682. The monoisotopic (exact) mass is 249 g/mol. The average Bonchev–Trinajstić information content (AvgIpc) is 2.15. The summed E-state index contributed by atoms with van der Waals surface area (Å²) < 4.78 is 27.4. The van der Waals surface area contributed by atoms with Crippen LogP contribution >= 0.6 is 11.6 Å². The standard InChI is InChI=1S/C9H12ClNO3S/c1-2-14-6-7-3-4-8(10)9(5-7)15(11,12)13/h3-5H,2,6H2,1H3,(H2,11,12,13). The van der Waals surface area contributed by atoms with E-state index in [9.17, 15) is 8.42 Å². The summed E-state index contributed by atoms with van der Waals surface area (Å²) in [6, 6.07) is 4.62. The van der Waals surface area contributed by atoms with Crippen molar-refractivity contribution < 1.29 is 13.2 Å². The van der Waals surface area contributed by atoms with Crippen molar-refractivity contribution in [2.75, 3.05) is 6.61 Å². The Morgan fingerprint density at radius 1 is 1.47 bits per heavy atom. The number of nitrogens with two attached hydrogens (primary N) is 1. The Hall–Kier alpha value is -0.620. The smallest absolute Gasteiger partial charge is 0.239 e. The van der Waals surface area contributed by atoms with Crippen molar-refractivity contribution >= 4 is 21.6 Å². The molecule has 0 aliphatic carbocycles. The number of benzene rings is 1. The zero-order chi connectivity index (χ0) is 11.5. The third-order valence-electron chi connectivity index (χ3n) is 1.77. The quantitative estimate of drug-likeness (QED) is 0.880. The van der Waals surface area contributed by atoms with Gasteiger partial charge < -0.3 is 4.74 Å². The van der Waals surface area contributed by atoms with Crippen LogP contribution in [0, 0.1) is 0 Å². The largest absolute Gasteiger partial charge is 0.377 e. The van der Waals surface area contributed by atoms with Gasteiger partial charge in [-0.3, -0.25) is 0 Å². The normalized spacial score (nSPS) is 11.7. The van der Waals surface area contributed by atoms with Crippen LogP contribution in [0.2, 0.25) is 5.02 Å². The molecule has 0 saturated heterocycles.